The van der Waals surface area contributed by atoms with Crippen molar-refractivity contribution in [3.63, 3.8) is 0 Å². The van der Waals surface area contributed by atoms with Crippen molar-refractivity contribution in [2.45, 2.75) is 0 Å². The normalized spacial score (nSPS) is 10.1. The van der Waals surface area contributed by atoms with Crippen molar-refractivity contribution in [2.24, 2.45) is 0 Å². The maximum Gasteiger partial charge on any atom is 0.273 e. The van der Waals surface area contributed by atoms with Gasteiger partial charge in [-0.1, -0.05) is 17.7 Å². The topological polar surface area (TPSA) is 76.1 Å². The fraction of sp³-hybridized carbons (Fsp3) is 0.154. The Morgan fingerprint density at radius 1 is 1.33 bits per heavy atom. The molecule has 1 amide bonds. The molecule has 0 unspecified atom stereocenters. The number of hydrogen-bond donors (Lipinski definition) is 2. The van der Waals surface area contributed by atoms with Crippen LogP contribution in [0.4, 0.5) is 11.4 Å². The number of rotatable bonds is 4. The van der Waals surface area contributed by atoms with E-state index in [0.717, 1.165) is 4.47 Å². The monoisotopic (exact) mass is 370 g/mol. The van der Waals surface area contributed by atoms with E-state index in [1.165, 1.54) is 13.1 Å². The zero-order valence-electron chi connectivity index (χ0n) is 11.3. The minimum absolute atomic E-state index is 0.143. The van der Waals surface area contributed by atoms with Crippen LogP contribution >= 0.6 is 27.5 Å². The number of nitrogens with one attached hydrogen (secondary N) is 2. The summed E-state index contributed by atoms with van der Waals surface area (Å²) < 4.78 is 6.11. The minimum Gasteiger partial charge on any atom is -0.493 e. The molecule has 2 aromatic rings. The highest BCUT2D eigenvalue weighted by Gasteiger charge is 2.16. The lowest BCUT2D eigenvalue weighted by atomic mass is 10.2. The van der Waals surface area contributed by atoms with Crippen LogP contribution in [-0.4, -0.2) is 30.3 Å². The Bertz CT molecular complexity index is 681. The van der Waals surface area contributed by atoms with Gasteiger partial charge in [-0.05, 0) is 28.1 Å². The number of halogens is 2. The second kappa shape index (κ2) is 6.73. The summed E-state index contributed by atoms with van der Waals surface area (Å²) in [6.07, 6.45) is 0. The van der Waals surface area contributed by atoms with Crippen molar-refractivity contribution in [3.05, 3.63) is 39.6 Å². The third kappa shape index (κ3) is 3.43. The zero-order chi connectivity index (χ0) is 15.4. The van der Waals surface area contributed by atoms with E-state index in [1.54, 1.807) is 7.11 Å². The van der Waals surface area contributed by atoms with Gasteiger partial charge in [-0.3, -0.25) is 4.79 Å². The summed E-state index contributed by atoms with van der Waals surface area (Å²) in [5.41, 5.74) is 1.25. The SMILES string of the molecule is CNC(=O)c1nnc(Cl)cc1Nc1cccc(Br)c1OC. The molecule has 0 saturated carbocycles. The summed E-state index contributed by atoms with van der Waals surface area (Å²) in [5.74, 6) is 0.240. The first-order valence-electron chi connectivity index (χ1n) is 5.91. The molecule has 110 valence electrons. The number of anilines is 2. The predicted octanol–water partition coefficient (Wildman–Crippen LogP) is 3.00. The smallest absolute Gasteiger partial charge is 0.273 e. The Morgan fingerprint density at radius 2 is 2.10 bits per heavy atom. The lowest BCUT2D eigenvalue weighted by molar-refractivity contribution is 0.0958. The number of nitrogens with zero attached hydrogens (tertiary/aromatic N) is 2. The van der Waals surface area contributed by atoms with Crippen LogP contribution in [0, 0.1) is 0 Å². The molecule has 1 heterocycles. The Balaban J connectivity index is 2.46. The van der Waals surface area contributed by atoms with Crippen LogP contribution in [0.2, 0.25) is 5.15 Å². The van der Waals surface area contributed by atoms with Crippen LogP contribution in [0.25, 0.3) is 0 Å². The lowest BCUT2D eigenvalue weighted by Gasteiger charge is -2.14. The first-order valence-corrected chi connectivity index (χ1v) is 7.08. The molecule has 0 radical (unpaired) electrons. The number of carbonyl (C=O) groups is 1. The van der Waals surface area contributed by atoms with Crippen molar-refractivity contribution in [1.29, 1.82) is 0 Å². The molecule has 0 aliphatic rings. The van der Waals surface area contributed by atoms with Gasteiger partial charge in [0, 0.05) is 13.1 Å². The molecule has 2 rings (SSSR count). The fourth-order valence-electron chi connectivity index (χ4n) is 1.71. The molecule has 0 atom stereocenters. The van der Waals surface area contributed by atoms with Crippen molar-refractivity contribution in [2.75, 3.05) is 19.5 Å². The largest absolute Gasteiger partial charge is 0.493 e. The second-order valence-electron chi connectivity index (χ2n) is 3.95. The molecule has 0 saturated heterocycles. The molecule has 0 spiro atoms. The lowest BCUT2D eigenvalue weighted by Crippen LogP contribution is -2.21. The van der Waals surface area contributed by atoms with E-state index >= 15 is 0 Å². The van der Waals surface area contributed by atoms with E-state index in [2.05, 4.69) is 36.8 Å². The van der Waals surface area contributed by atoms with Gasteiger partial charge in [-0.2, -0.15) is 0 Å². The van der Waals surface area contributed by atoms with Gasteiger partial charge in [-0.25, -0.2) is 0 Å². The van der Waals surface area contributed by atoms with Gasteiger partial charge in [-0.15, -0.1) is 10.2 Å². The number of carbonyl (C=O) groups excluding carboxylic acids is 1. The van der Waals surface area contributed by atoms with Gasteiger partial charge in [0.05, 0.1) is 23.0 Å². The summed E-state index contributed by atoms with van der Waals surface area (Å²) in [6, 6.07) is 7.03. The summed E-state index contributed by atoms with van der Waals surface area (Å²) in [5, 5.41) is 13.3. The molecule has 0 aliphatic heterocycles. The molecule has 1 aromatic heterocycles. The molecule has 1 aromatic carbocycles. The summed E-state index contributed by atoms with van der Waals surface area (Å²) >= 11 is 9.25. The van der Waals surface area contributed by atoms with E-state index < -0.39 is 0 Å². The first kappa shape index (κ1) is 15.5. The van der Waals surface area contributed by atoms with Gasteiger partial charge in [0.2, 0.25) is 0 Å². The molecule has 8 heteroatoms. The van der Waals surface area contributed by atoms with Crippen LogP contribution in [0.3, 0.4) is 0 Å². The zero-order valence-corrected chi connectivity index (χ0v) is 13.6. The van der Waals surface area contributed by atoms with E-state index in [-0.39, 0.29) is 16.8 Å². The second-order valence-corrected chi connectivity index (χ2v) is 5.20. The summed E-state index contributed by atoms with van der Waals surface area (Å²) in [4.78, 5) is 11.8. The Labute approximate surface area is 135 Å². The number of para-hydroxylation sites is 1. The number of aromatic nitrogens is 2. The van der Waals surface area contributed by atoms with Crippen LogP contribution in [0.1, 0.15) is 10.5 Å². The van der Waals surface area contributed by atoms with Crippen molar-refractivity contribution >= 4 is 44.8 Å². The molecule has 0 aliphatic carbocycles. The van der Waals surface area contributed by atoms with Gasteiger partial charge in [0.15, 0.2) is 16.6 Å². The van der Waals surface area contributed by atoms with Gasteiger partial charge in [0.1, 0.15) is 0 Å². The Hall–Kier alpha value is -1.86. The maximum atomic E-state index is 11.8. The summed E-state index contributed by atoms with van der Waals surface area (Å²) in [6.45, 7) is 0. The van der Waals surface area contributed by atoms with Crippen LogP contribution in [0.15, 0.2) is 28.7 Å². The molecule has 0 bridgehead atoms. The number of benzene rings is 1. The Morgan fingerprint density at radius 3 is 2.76 bits per heavy atom. The fourth-order valence-corrected chi connectivity index (χ4v) is 2.38. The van der Waals surface area contributed by atoms with Gasteiger partial charge >= 0.3 is 0 Å². The van der Waals surface area contributed by atoms with Crippen molar-refractivity contribution in [3.8, 4) is 5.75 Å². The van der Waals surface area contributed by atoms with E-state index in [9.17, 15) is 4.79 Å². The maximum absolute atomic E-state index is 11.8. The Kier molecular flexibility index (Phi) is 4.98. The number of methoxy groups -OCH3 is 1. The van der Waals surface area contributed by atoms with Crippen LogP contribution in [0.5, 0.6) is 5.75 Å². The van der Waals surface area contributed by atoms with E-state index in [4.69, 9.17) is 16.3 Å². The van der Waals surface area contributed by atoms with Gasteiger partial charge < -0.3 is 15.4 Å². The van der Waals surface area contributed by atoms with Gasteiger partial charge in [0.25, 0.3) is 5.91 Å². The average Bonchev–Trinajstić information content (AvgIpc) is 2.47. The molecular formula is C13H12BrClN4O2. The highest BCUT2D eigenvalue weighted by molar-refractivity contribution is 9.10. The summed E-state index contributed by atoms with van der Waals surface area (Å²) in [7, 11) is 3.07. The predicted molar refractivity (Wildman–Crippen MR) is 84.4 cm³/mol. The third-order valence-electron chi connectivity index (χ3n) is 2.65. The molecule has 21 heavy (non-hydrogen) atoms. The highest BCUT2D eigenvalue weighted by atomic mass is 79.9. The number of amides is 1. The van der Waals surface area contributed by atoms with Crippen LogP contribution in [-0.2, 0) is 0 Å². The quantitative estimate of drug-likeness (QED) is 0.864. The standard InChI is InChI=1S/C13H12BrClN4O2/c1-16-13(20)11-9(6-10(15)18-19-11)17-8-5-3-4-7(14)12(8)21-2/h3-6H,1-2H3,(H,16,20)(H,17,18). The average molecular weight is 372 g/mol. The van der Waals surface area contributed by atoms with Crippen molar-refractivity contribution < 1.29 is 9.53 Å². The molecule has 6 nitrogen and oxygen atoms in total. The first-order chi connectivity index (χ1) is 10.1. The number of ether oxygens (including phenoxy) is 1. The molecule has 2 N–H and O–H groups in total. The minimum atomic E-state index is -0.365. The molecule has 0 fully saturated rings. The van der Waals surface area contributed by atoms with Crippen LogP contribution < -0.4 is 15.4 Å². The molecular weight excluding hydrogens is 360 g/mol. The van der Waals surface area contributed by atoms with E-state index in [1.807, 2.05) is 18.2 Å². The third-order valence-corrected chi connectivity index (χ3v) is 3.46. The highest BCUT2D eigenvalue weighted by Crippen LogP contribution is 2.35. The van der Waals surface area contributed by atoms with E-state index in [0.29, 0.717) is 17.1 Å². The number of hydrogen-bond acceptors (Lipinski definition) is 5. The van der Waals surface area contributed by atoms with Crippen molar-refractivity contribution in [1.82, 2.24) is 15.5 Å².